The summed E-state index contributed by atoms with van der Waals surface area (Å²) in [6, 6.07) is 9.79. The average molecular weight is 410 g/mol. The maximum atomic E-state index is 12.2. The van der Waals surface area contributed by atoms with Crippen molar-refractivity contribution in [1.29, 1.82) is 0 Å². The van der Waals surface area contributed by atoms with Crippen LogP contribution >= 0.6 is 0 Å². The number of carbonyl (C=O) groups excluding carboxylic acids is 2. The molecule has 0 aromatic heterocycles. The van der Waals surface area contributed by atoms with Gasteiger partial charge in [-0.3, -0.25) is 9.59 Å². The van der Waals surface area contributed by atoms with Crippen molar-refractivity contribution >= 4 is 11.7 Å². The summed E-state index contributed by atoms with van der Waals surface area (Å²) in [5, 5.41) is 13.1. The van der Waals surface area contributed by atoms with Crippen molar-refractivity contribution in [3.63, 3.8) is 0 Å². The van der Waals surface area contributed by atoms with Crippen molar-refractivity contribution in [2.45, 2.75) is 63.5 Å². The summed E-state index contributed by atoms with van der Waals surface area (Å²) < 4.78 is 5.55. The molecular formula is C25H31NO4. The van der Waals surface area contributed by atoms with Crippen molar-refractivity contribution in [2.75, 3.05) is 6.61 Å². The van der Waals surface area contributed by atoms with Crippen molar-refractivity contribution in [3.8, 4) is 5.75 Å². The first-order valence-electron chi connectivity index (χ1n) is 10.9. The fourth-order valence-electron chi connectivity index (χ4n) is 3.37. The third kappa shape index (κ3) is 7.64. The number of ketones is 1. The van der Waals surface area contributed by atoms with E-state index >= 15 is 0 Å². The summed E-state index contributed by atoms with van der Waals surface area (Å²) >= 11 is 0. The number of aliphatic hydroxyl groups is 1. The highest BCUT2D eigenvalue weighted by Gasteiger charge is 2.22. The summed E-state index contributed by atoms with van der Waals surface area (Å²) in [4.78, 5) is 23.8. The molecule has 2 N–H and O–H groups in total. The van der Waals surface area contributed by atoms with Gasteiger partial charge in [-0.2, -0.15) is 0 Å². The molecule has 1 fully saturated rings. The van der Waals surface area contributed by atoms with Gasteiger partial charge in [-0.15, -0.1) is 0 Å². The highest BCUT2D eigenvalue weighted by atomic mass is 16.5. The molecule has 160 valence electrons. The van der Waals surface area contributed by atoms with E-state index in [1.54, 1.807) is 6.08 Å². The van der Waals surface area contributed by atoms with E-state index < -0.39 is 6.10 Å². The Hall–Kier alpha value is -2.66. The number of ether oxygens (including phenoxy) is 1. The molecule has 0 unspecified atom stereocenters. The molecule has 3 rings (SSSR count). The largest absolute Gasteiger partial charge is 0.491 e. The Kier molecular flexibility index (Phi) is 8.45. The number of benzene rings is 1. The quantitative estimate of drug-likeness (QED) is 0.404. The number of amides is 1. The van der Waals surface area contributed by atoms with Crippen LogP contribution in [0.1, 0.15) is 51.4 Å². The minimum absolute atomic E-state index is 0.141. The first-order valence-corrected chi connectivity index (χ1v) is 10.9. The van der Waals surface area contributed by atoms with Gasteiger partial charge in [0.1, 0.15) is 18.5 Å². The lowest BCUT2D eigenvalue weighted by Crippen LogP contribution is -2.24. The van der Waals surface area contributed by atoms with Crippen molar-refractivity contribution in [1.82, 2.24) is 5.32 Å². The zero-order valence-electron chi connectivity index (χ0n) is 17.4. The van der Waals surface area contributed by atoms with E-state index in [1.165, 1.54) is 0 Å². The van der Waals surface area contributed by atoms with Crippen molar-refractivity contribution < 1.29 is 19.4 Å². The summed E-state index contributed by atoms with van der Waals surface area (Å²) in [7, 11) is 0. The lowest BCUT2D eigenvalue weighted by Gasteiger charge is -2.09. The molecule has 2 aliphatic rings. The molecule has 0 saturated heterocycles. The number of hydrogen-bond donors (Lipinski definition) is 2. The van der Waals surface area contributed by atoms with E-state index in [0.29, 0.717) is 31.7 Å². The van der Waals surface area contributed by atoms with Crippen LogP contribution in [-0.4, -0.2) is 35.5 Å². The maximum Gasteiger partial charge on any atom is 0.220 e. The van der Waals surface area contributed by atoms with Gasteiger partial charge in [0.15, 0.2) is 5.78 Å². The van der Waals surface area contributed by atoms with Crippen LogP contribution in [0.3, 0.4) is 0 Å². The van der Waals surface area contributed by atoms with Gasteiger partial charge in [0.25, 0.3) is 0 Å². The Morgan fingerprint density at radius 2 is 2.00 bits per heavy atom. The van der Waals surface area contributed by atoms with Crippen LogP contribution in [0.15, 0.2) is 65.8 Å². The molecule has 0 radical (unpaired) electrons. The van der Waals surface area contributed by atoms with Gasteiger partial charge in [-0.05, 0) is 56.2 Å². The monoisotopic (exact) mass is 409 g/mol. The molecule has 1 aromatic rings. The predicted octanol–water partition coefficient (Wildman–Crippen LogP) is 4.04. The van der Waals surface area contributed by atoms with E-state index in [0.717, 1.165) is 42.6 Å². The topological polar surface area (TPSA) is 75.6 Å². The van der Waals surface area contributed by atoms with Gasteiger partial charge < -0.3 is 15.2 Å². The second-order valence-corrected chi connectivity index (χ2v) is 7.89. The Bertz CT molecular complexity index is 806. The number of rotatable bonds is 12. The summed E-state index contributed by atoms with van der Waals surface area (Å²) in [5.41, 5.74) is 1.82. The molecule has 2 aliphatic carbocycles. The van der Waals surface area contributed by atoms with Crippen LogP contribution in [0.5, 0.6) is 5.75 Å². The smallest absolute Gasteiger partial charge is 0.220 e. The minimum atomic E-state index is -0.730. The van der Waals surface area contributed by atoms with Gasteiger partial charge in [-0.1, -0.05) is 42.5 Å². The van der Waals surface area contributed by atoms with Crippen LogP contribution in [0.4, 0.5) is 0 Å². The number of hydrogen-bond acceptors (Lipinski definition) is 4. The number of allylic oxidation sites excluding steroid dienone is 5. The molecule has 0 aliphatic heterocycles. The second-order valence-electron chi connectivity index (χ2n) is 7.89. The molecule has 5 nitrogen and oxygen atoms in total. The highest BCUT2D eigenvalue weighted by molar-refractivity contribution is 5.99. The number of unbranched alkanes of at least 4 members (excludes halogenated alkanes) is 1. The Morgan fingerprint density at radius 1 is 1.20 bits per heavy atom. The molecule has 0 bridgehead atoms. The third-order valence-electron chi connectivity index (χ3n) is 5.23. The van der Waals surface area contributed by atoms with E-state index in [-0.39, 0.29) is 18.3 Å². The molecule has 1 amide bonds. The number of carbonyl (C=O) groups is 2. The lowest BCUT2D eigenvalue weighted by molar-refractivity contribution is -0.121. The fraction of sp³-hybridized carbons (Fsp3) is 0.440. The van der Waals surface area contributed by atoms with Gasteiger partial charge in [0.2, 0.25) is 5.91 Å². The Morgan fingerprint density at radius 3 is 2.77 bits per heavy atom. The van der Waals surface area contributed by atoms with E-state index in [1.807, 2.05) is 48.6 Å². The first-order chi connectivity index (χ1) is 14.6. The van der Waals surface area contributed by atoms with Crippen LogP contribution in [0.2, 0.25) is 0 Å². The molecular weight excluding hydrogens is 378 g/mol. The van der Waals surface area contributed by atoms with E-state index in [2.05, 4.69) is 5.32 Å². The summed E-state index contributed by atoms with van der Waals surface area (Å²) in [6.07, 6.45) is 13.2. The van der Waals surface area contributed by atoms with Crippen molar-refractivity contribution in [3.05, 3.63) is 65.8 Å². The normalized spacial score (nSPS) is 17.8. The van der Waals surface area contributed by atoms with Gasteiger partial charge in [-0.25, -0.2) is 0 Å². The molecule has 1 aromatic carbocycles. The van der Waals surface area contributed by atoms with E-state index in [4.69, 9.17) is 4.74 Å². The summed E-state index contributed by atoms with van der Waals surface area (Å²) in [6.45, 7) is 0.172. The van der Waals surface area contributed by atoms with Crippen LogP contribution in [0, 0.1) is 0 Å². The van der Waals surface area contributed by atoms with Crippen LogP contribution in [-0.2, 0) is 9.59 Å². The van der Waals surface area contributed by atoms with Gasteiger partial charge in [0.05, 0.1) is 0 Å². The van der Waals surface area contributed by atoms with Crippen molar-refractivity contribution in [2.24, 2.45) is 0 Å². The fourth-order valence-corrected chi connectivity index (χ4v) is 3.37. The van der Waals surface area contributed by atoms with Gasteiger partial charge >= 0.3 is 0 Å². The SMILES string of the molecule is O=C(CCC/C=C\CC1=C(C=C[C@@H](O)COc2ccccc2)CCC1=O)NC1CC1. The number of para-hydroxylation sites is 1. The predicted molar refractivity (Wildman–Crippen MR) is 117 cm³/mol. The summed E-state index contributed by atoms with van der Waals surface area (Å²) in [5.74, 6) is 1.04. The second kappa shape index (κ2) is 11.5. The molecule has 1 saturated carbocycles. The molecule has 0 spiro atoms. The zero-order valence-corrected chi connectivity index (χ0v) is 17.4. The van der Waals surface area contributed by atoms with Crippen LogP contribution in [0.25, 0.3) is 0 Å². The van der Waals surface area contributed by atoms with E-state index in [9.17, 15) is 14.7 Å². The average Bonchev–Trinajstić information content (AvgIpc) is 3.50. The zero-order chi connectivity index (χ0) is 21.2. The third-order valence-corrected chi connectivity index (χ3v) is 5.23. The molecule has 1 atom stereocenters. The molecule has 5 heteroatoms. The lowest BCUT2D eigenvalue weighted by atomic mass is 10.1. The maximum absolute atomic E-state index is 12.2. The standard InChI is InChI=1S/C25H31NO4/c27-21(18-30-22-8-4-3-5-9-22)16-12-19-13-17-24(28)23(19)10-6-1-2-7-11-25(29)26-20-14-15-20/h1,3-6,8-9,12,16,20-21,27H,2,7,10-11,13-15,17-18H2,(H,26,29)/b6-1-,16-12?/t21-/m1/s1. The minimum Gasteiger partial charge on any atom is -0.491 e. The Labute approximate surface area is 178 Å². The number of nitrogens with one attached hydrogen (secondary N) is 1. The Balaban J connectivity index is 1.40. The number of Topliss-reactive ketones (excluding diaryl/α,β-unsaturated/α-hetero) is 1. The highest BCUT2D eigenvalue weighted by Crippen LogP contribution is 2.27. The van der Waals surface area contributed by atoms with Crippen LogP contribution < -0.4 is 10.1 Å². The number of aliphatic hydroxyl groups excluding tert-OH is 1. The molecule has 0 heterocycles. The van der Waals surface area contributed by atoms with Gasteiger partial charge in [0, 0.05) is 24.5 Å². The first kappa shape index (κ1) is 22.0. The molecule has 30 heavy (non-hydrogen) atoms.